The maximum Gasteiger partial charge on any atom is 0.316 e. The van der Waals surface area contributed by atoms with Gasteiger partial charge < -0.3 is 4.74 Å². The normalized spacial score (nSPS) is 8.58. The lowest BCUT2D eigenvalue weighted by molar-refractivity contribution is 0.369. The van der Waals surface area contributed by atoms with Gasteiger partial charge in [-0.1, -0.05) is 18.1 Å². The number of benzene rings is 1. The molecule has 0 radical (unpaired) electrons. The third kappa shape index (κ3) is 1.86. The number of para-hydroxylation sites is 1. The van der Waals surface area contributed by atoms with Gasteiger partial charge in [0.2, 0.25) is 0 Å². The van der Waals surface area contributed by atoms with Crippen LogP contribution in [0.1, 0.15) is 5.56 Å². The Morgan fingerprint density at radius 1 is 1.50 bits per heavy atom. The van der Waals surface area contributed by atoms with E-state index in [0.717, 1.165) is 6.29 Å². The summed E-state index contributed by atoms with van der Waals surface area (Å²) < 4.78 is 5.15. The zero-order chi connectivity index (χ0) is 8.81. The van der Waals surface area contributed by atoms with E-state index in [9.17, 15) is 0 Å². The van der Waals surface area contributed by atoms with Crippen LogP contribution >= 0.6 is 0 Å². The molecule has 0 heterocycles. The molecule has 0 aromatic heterocycles. The van der Waals surface area contributed by atoms with Crippen LogP contribution in [-0.4, -0.2) is 17.7 Å². The summed E-state index contributed by atoms with van der Waals surface area (Å²) in [6.07, 6.45) is 6.01. The predicted octanol–water partition coefficient (Wildman–Crippen LogP) is 1.22. The third-order valence-electron chi connectivity index (χ3n) is 1.37. The second-order valence-electron chi connectivity index (χ2n) is 2.16. The van der Waals surface area contributed by atoms with E-state index in [4.69, 9.17) is 16.0 Å². The van der Waals surface area contributed by atoms with E-state index in [2.05, 4.69) is 5.92 Å². The lowest BCUT2D eigenvalue weighted by Crippen LogP contribution is -1.96. The fourth-order valence-electron chi connectivity index (χ4n) is 0.838. The van der Waals surface area contributed by atoms with Gasteiger partial charge in [0.25, 0.3) is 0 Å². The van der Waals surface area contributed by atoms with Crippen LogP contribution in [-0.2, 0) is 0 Å². The zero-order valence-electron chi connectivity index (χ0n) is 6.53. The highest BCUT2D eigenvalue weighted by Crippen LogP contribution is 2.14. The molecule has 0 bridgehead atoms. The first-order chi connectivity index (χ1) is 5.88. The Balaban J connectivity index is 2.83. The lowest BCUT2D eigenvalue weighted by Gasteiger charge is -2.01. The van der Waals surface area contributed by atoms with E-state index < -0.39 is 0 Å². The van der Waals surface area contributed by atoms with Crippen molar-refractivity contribution in [1.82, 2.24) is 0 Å². The van der Waals surface area contributed by atoms with Crippen LogP contribution < -0.4 is 4.74 Å². The Kier molecular flexibility index (Phi) is 2.92. The van der Waals surface area contributed by atoms with Gasteiger partial charge in [-0.3, -0.25) is 4.79 Å². The van der Waals surface area contributed by atoms with Crippen molar-refractivity contribution in [3.63, 3.8) is 0 Å². The maximum absolute atomic E-state index is 8.76. The molecule has 0 aliphatic carbocycles. The molecule has 1 aromatic rings. The highest BCUT2D eigenvalue weighted by Gasteiger charge is 2.02. The second kappa shape index (κ2) is 4.20. The summed E-state index contributed by atoms with van der Waals surface area (Å²) in [5.74, 6) is 2.95. The van der Waals surface area contributed by atoms with Crippen molar-refractivity contribution in [2.45, 2.75) is 0 Å². The predicted molar refractivity (Wildman–Crippen MR) is 47.9 cm³/mol. The minimum atomic E-state index is 0.213. The van der Waals surface area contributed by atoms with Crippen LogP contribution in [0.15, 0.2) is 24.3 Å². The molecular formula is C10H9O2+. The fourth-order valence-corrected chi connectivity index (χ4v) is 0.838. The summed E-state index contributed by atoms with van der Waals surface area (Å²) in [4.78, 5) is 8.76. The molecule has 1 N–H and O–H groups in total. The molecule has 1 rings (SSSR count). The molecule has 1 aromatic carbocycles. The van der Waals surface area contributed by atoms with Gasteiger partial charge in [0.05, 0.1) is 0 Å². The summed E-state index contributed by atoms with van der Waals surface area (Å²) in [5.41, 5.74) is 0.632. The number of carbonyl (C=O) groups excluding carboxylic acids is 1. The van der Waals surface area contributed by atoms with Crippen molar-refractivity contribution < 1.29 is 9.53 Å². The van der Waals surface area contributed by atoms with Gasteiger partial charge in [-0.05, 0) is 12.1 Å². The lowest BCUT2D eigenvalue weighted by atomic mass is 10.2. The Morgan fingerprint density at radius 2 is 2.25 bits per heavy atom. The van der Waals surface area contributed by atoms with Crippen LogP contribution in [0, 0.1) is 12.3 Å². The molecule has 12 heavy (non-hydrogen) atoms. The van der Waals surface area contributed by atoms with Crippen molar-refractivity contribution in [3.05, 3.63) is 29.8 Å². The number of aldehydes is 1. The number of terminal acetylenes is 1. The van der Waals surface area contributed by atoms with Gasteiger partial charge in [-0.25, -0.2) is 0 Å². The standard InChI is InChI=1S/C10H8O2/c1-2-7-12-10-6-4-3-5-9(10)8-11/h1,3-6,8H,7H2/p+1. The van der Waals surface area contributed by atoms with E-state index in [0.29, 0.717) is 11.3 Å². The first kappa shape index (κ1) is 8.35. The Hall–Kier alpha value is -1.75. The van der Waals surface area contributed by atoms with Crippen LogP contribution in [0.5, 0.6) is 5.75 Å². The van der Waals surface area contributed by atoms with E-state index in [1.807, 2.05) is 12.1 Å². The van der Waals surface area contributed by atoms with Crippen molar-refractivity contribution >= 4 is 6.29 Å². The number of ether oxygens (including phenoxy) is 1. The SMILES string of the molecule is C#CCOc1ccccc1C=[OH+]. The van der Waals surface area contributed by atoms with Crippen molar-refractivity contribution in [3.8, 4) is 18.1 Å². The molecular weight excluding hydrogens is 152 g/mol. The molecule has 0 saturated heterocycles. The minimum absolute atomic E-state index is 0.213. The van der Waals surface area contributed by atoms with Crippen LogP contribution in [0.4, 0.5) is 0 Å². The molecule has 60 valence electrons. The van der Waals surface area contributed by atoms with Gasteiger partial charge in [0, 0.05) is 0 Å². The van der Waals surface area contributed by atoms with Gasteiger partial charge in [-0.2, -0.15) is 0 Å². The number of rotatable bonds is 3. The van der Waals surface area contributed by atoms with E-state index in [1.54, 1.807) is 12.1 Å². The highest BCUT2D eigenvalue weighted by molar-refractivity contribution is 5.79. The summed E-state index contributed by atoms with van der Waals surface area (Å²) >= 11 is 0. The summed E-state index contributed by atoms with van der Waals surface area (Å²) in [6, 6.07) is 7.12. The highest BCUT2D eigenvalue weighted by atomic mass is 16.5. The summed E-state index contributed by atoms with van der Waals surface area (Å²) in [7, 11) is 0. The van der Waals surface area contributed by atoms with E-state index in [-0.39, 0.29) is 6.61 Å². The maximum atomic E-state index is 8.76. The minimum Gasteiger partial charge on any atom is -0.480 e. The first-order valence-corrected chi connectivity index (χ1v) is 3.51. The van der Waals surface area contributed by atoms with Crippen LogP contribution in [0.25, 0.3) is 0 Å². The van der Waals surface area contributed by atoms with E-state index >= 15 is 0 Å². The molecule has 0 spiro atoms. The Morgan fingerprint density at radius 3 is 2.92 bits per heavy atom. The van der Waals surface area contributed by atoms with Crippen molar-refractivity contribution in [2.24, 2.45) is 0 Å². The number of hydrogen-bond donors (Lipinski definition) is 0. The first-order valence-electron chi connectivity index (χ1n) is 3.51. The number of hydrogen-bond acceptors (Lipinski definition) is 1. The van der Waals surface area contributed by atoms with Crippen molar-refractivity contribution in [2.75, 3.05) is 6.61 Å². The molecule has 0 fully saturated rings. The van der Waals surface area contributed by atoms with Gasteiger partial charge in [0.1, 0.15) is 17.9 Å². The quantitative estimate of drug-likeness (QED) is 0.372. The van der Waals surface area contributed by atoms with Gasteiger partial charge >= 0.3 is 6.29 Å². The van der Waals surface area contributed by atoms with Gasteiger partial charge in [-0.15, -0.1) is 6.42 Å². The average Bonchev–Trinajstić information content (AvgIpc) is 2.15. The molecule has 0 saturated carbocycles. The molecule has 2 nitrogen and oxygen atoms in total. The largest absolute Gasteiger partial charge is 0.480 e. The average molecular weight is 161 g/mol. The molecule has 2 heteroatoms. The topological polar surface area (TPSA) is 30.6 Å². The van der Waals surface area contributed by atoms with Crippen LogP contribution in [0.2, 0.25) is 0 Å². The Bertz CT molecular complexity index is 310. The van der Waals surface area contributed by atoms with Crippen LogP contribution in [0.3, 0.4) is 0 Å². The summed E-state index contributed by atoms with van der Waals surface area (Å²) in [6.45, 7) is 0.213. The monoisotopic (exact) mass is 161 g/mol. The smallest absolute Gasteiger partial charge is 0.316 e. The second-order valence-corrected chi connectivity index (χ2v) is 2.16. The summed E-state index contributed by atoms with van der Waals surface area (Å²) in [5, 5.41) is 0. The van der Waals surface area contributed by atoms with Crippen molar-refractivity contribution in [1.29, 1.82) is 0 Å². The molecule has 0 unspecified atom stereocenters. The zero-order valence-corrected chi connectivity index (χ0v) is 6.53. The molecule has 0 atom stereocenters. The van der Waals surface area contributed by atoms with E-state index in [1.165, 1.54) is 0 Å². The molecule has 0 aliphatic rings. The Labute approximate surface area is 71.2 Å². The third-order valence-corrected chi connectivity index (χ3v) is 1.37. The fraction of sp³-hybridized carbons (Fsp3) is 0.100. The molecule has 0 aliphatic heterocycles. The molecule has 0 amide bonds. The van der Waals surface area contributed by atoms with Gasteiger partial charge in [0.15, 0.2) is 0 Å².